The van der Waals surface area contributed by atoms with Crippen molar-refractivity contribution in [1.82, 2.24) is 13.9 Å². The molecular formula is C12H25N3O2S. The molecule has 106 valence electrons. The fourth-order valence-electron chi connectivity index (χ4n) is 2.35. The zero-order chi connectivity index (χ0) is 13.0. The fourth-order valence-corrected chi connectivity index (χ4v) is 4.17. The molecule has 1 saturated heterocycles. The van der Waals surface area contributed by atoms with E-state index in [-0.39, 0.29) is 0 Å². The first-order valence-electron chi connectivity index (χ1n) is 7.10. The van der Waals surface area contributed by atoms with Gasteiger partial charge in [0.2, 0.25) is 0 Å². The maximum absolute atomic E-state index is 12.6. The van der Waals surface area contributed by atoms with E-state index in [1.807, 2.05) is 6.92 Å². The van der Waals surface area contributed by atoms with Crippen LogP contribution in [-0.4, -0.2) is 56.3 Å². The van der Waals surface area contributed by atoms with E-state index in [9.17, 15) is 8.42 Å². The predicted molar refractivity (Wildman–Crippen MR) is 72.6 cm³/mol. The van der Waals surface area contributed by atoms with Crippen molar-refractivity contribution in [2.24, 2.45) is 5.92 Å². The summed E-state index contributed by atoms with van der Waals surface area (Å²) in [6.45, 7) is 6.36. The second-order valence-corrected chi connectivity index (χ2v) is 7.24. The van der Waals surface area contributed by atoms with E-state index in [0.29, 0.717) is 25.6 Å². The highest BCUT2D eigenvalue weighted by molar-refractivity contribution is 7.86. The molecule has 0 unspecified atom stereocenters. The minimum Gasteiger partial charge on any atom is -0.315 e. The lowest BCUT2D eigenvalue weighted by Crippen LogP contribution is -2.46. The van der Waals surface area contributed by atoms with Crippen LogP contribution in [0.1, 0.15) is 32.6 Å². The molecular weight excluding hydrogens is 250 g/mol. The number of nitrogens with zero attached hydrogens (tertiary/aromatic N) is 2. The quantitative estimate of drug-likeness (QED) is 0.774. The molecule has 1 saturated carbocycles. The molecule has 0 amide bonds. The average molecular weight is 275 g/mol. The van der Waals surface area contributed by atoms with Gasteiger partial charge >= 0.3 is 0 Å². The van der Waals surface area contributed by atoms with E-state index in [0.717, 1.165) is 32.5 Å². The second-order valence-electron chi connectivity index (χ2n) is 5.31. The zero-order valence-electron chi connectivity index (χ0n) is 11.3. The van der Waals surface area contributed by atoms with Crippen molar-refractivity contribution in [3.63, 3.8) is 0 Å². The Hall–Kier alpha value is -0.170. The molecule has 1 aliphatic carbocycles. The third-order valence-corrected chi connectivity index (χ3v) is 5.59. The lowest BCUT2D eigenvalue weighted by Gasteiger charge is -2.28. The van der Waals surface area contributed by atoms with Gasteiger partial charge in [0, 0.05) is 32.7 Å². The number of rotatable bonds is 6. The van der Waals surface area contributed by atoms with Crippen molar-refractivity contribution < 1.29 is 8.42 Å². The molecule has 0 atom stereocenters. The number of hydrogen-bond donors (Lipinski definition) is 1. The smallest absolute Gasteiger partial charge is 0.282 e. The minimum absolute atomic E-state index is 0.604. The molecule has 5 nitrogen and oxygen atoms in total. The third kappa shape index (κ3) is 3.66. The van der Waals surface area contributed by atoms with Gasteiger partial charge in [0.05, 0.1) is 0 Å². The first-order chi connectivity index (χ1) is 8.64. The van der Waals surface area contributed by atoms with Crippen LogP contribution in [-0.2, 0) is 10.2 Å². The Balaban J connectivity index is 2.03. The van der Waals surface area contributed by atoms with Gasteiger partial charge in [-0.25, -0.2) is 0 Å². The summed E-state index contributed by atoms with van der Waals surface area (Å²) in [5, 5.41) is 3.25. The topological polar surface area (TPSA) is 52.7 Å². The third-order valence-electron chi connectivity index (χ3n) is 3.58. The second kappa shape index (κ2) is 6.32. The predicted octanol–water partition coefficient (Wildman–Crippen LogP) is 0.649. The van der Waals surface area contributed by atoms with Crippen molar-refractivity contribution in [2.75, 3.05) is 39.3 Å². The molecule has 0 spiro atoms. The molecule has 2 fully saturated rings. The molecule has 0 bridgehead atoms. The summed E-state index contributed by atoms with van der Waals surface area (Å²) in [4.78, 5) is 0. The standard InChI is InChI=1S/C12H25N3O2S/c1-2-8-15(11-12-4-5-12)18(16,17)14-9-3-6-13-7-10-14/h12-13H,2-11H2,1H3. The minimum atomic E-state index is -3.24. The van der Waals surface area contributed by atoms with Crippen molar-refractivity contribution in [3.8, 4) is 0 Å². The van der Waals surface area contributed by atoms with Crippen LogP contribution in [0.5, 0.6) is 0 Å². The molecule has 0 aromatic heterocycles. The van der Waals surface area contributed by atoms with Gasteiger partial charge in [-0.15, -0.1) is 0 Å². The van der Waals surface area contributed by atoms with E-state index < -0.39 is 10.2 Å². The summed E-state index contributed by atoms with van der Waals surface area (Å²) >= 11 is 0. The largest absolute Gasteiger partial charge is 0.315 e. The van der Waals surface area contributed by atoms with Crippen LogP contribution in [0, 0.1) is 5.92 Å². The number of hydrogen-bond acceptors (Lipinski definition) is 3. The molecule has 6 heteroatoms. The SMILES string of the molecule is CCCN(CC1CC1)S(=O)(=O)N1CCCNCC1. The van der Waals surface area contributed by atoms with Crippen LogP contribution in [0.15, 0.2) is 0 Å². The van der Waals surface area contributed by atoms with Gasteiger partial charge < -0.3 is 5.32 Å². The summed E-state index contributed by atoms with van der Waals surface area (Å²) in [5.41, 5.74) is 0. The van der Waals surface area contributed by atoms with Gasteiger partial charge in [0.25, 0.3) is 10.2 Å². The molecule has 0 radical (unpaired) electrons. The molecule has 18 heavy (non-hydrogen) atoms. The van der Waals surface area contributed by atoms with Gasteiger partial charge in [-0.1, -0.05) is 6.92 Å². The molecule has 0 aromatic carbocycles. The van der Waals surface area contributed by atoms with Crippen molar-refractivity contribution in [2.45, 2.75) is 32.6 Å². The normalized spacial score (nSPS) is 23.2. The van der Waals surface area contributed by atoms with E-state index in [1.54, 1.807) is 8.61 Å². The first-order valence-corrected chi connectivity index (χ1v) is 8.50. The first kappa shape index (κ1) is 14.2. The van der Waals surface area contributed by atoms with E-state index in [1.165, 1.54) is 12.8 Å². The summed E-state index contributed by atoms with van der Waals surface area (Å²) in [6, 6.07) is 0. The number of nitrogens with one attached hydrogen (secondary N) is 1. The van der Waals surface area contributed by atoms with Gasteiger partial charge in [-0.2, -0.15) is 17.0 Å². The molecule has 1 aliphatic heterocycles. The molecule has 2 aliphatic rings. The van der Waals surface area contributed by atoms with Gasteiger partial charge in [0.1, 0.15) is 0 Å². The van der Waals surface area contributed by atoms with E-state index in [4.69, 9.17) is 0 Å². The van der Waals surface area contributed by atoms with Crippen molar-refractivity contribution >= 4 is 10.2 Å². The Kier molecular flexibility index (Phi) is 5.00. The Morgan fingerprint density at radius 3 is 2.72 bits per heavy atom. The fraction of sp³-hybridized carbons (Fsp3) is 1.00. The highest BCUT2D eigenvalue weighted by Crippen LogP contribution is 2.31. The average Bonchev–Trinajstić information content (AvgIpc) is 3.15. The Labute approximate surface area is 111 Å². The summed E-state index contributed by atoms with van der Waals surface area (Å²) < 4.78 is 28.6. The van der Waals surface area contributed by atoms with Crippen molar-refractivity contribution in [3.05, 3.63) is 0 Å². The van der Waals surface area contributed by atoms with Gasteiger partial charge in [0.15, 0.2) is 0 Å². The maximum Gasteiger partial charge on any atom is 0.282 e. The maximum atomic E-state index is 12.6. The van der Waals surface area contributed by atoms with Crippen LogP contribution >= 0.6 is 0 Å². The Morgan fingerprint density at radius 2 is 2.06 bits per heavy atom. The molecule has 1 N–H and O–H groups in total. The van der Waals surface area contributed by atoms with E-state index in [2.05, 4.69) is 5.32 Å². The summed E-state index contributed by atoms with van der Waals surface area (Å²) in [5.74, 6) is 0.608. The lowest BCUT2D eigenvalue weighted by molar-refractivity contribution is 0.335. The van der Waals surface area contributed by atoms with E-state index >= 15 is 0 Å². The highest BCUT2D eigenvalue weighted by atomic mass is 32.2. The highest BCUT2D eigenvalue weighted by Gasteiger charge is 2.33. The zero-order valence-corrected chi connectivity index (χ0v) is 12.1. The van der Waals surface area contributed by atoms with Crippen LogP contribution in [0.2, 0.25) is 0 Å². The molecule has 1 heterocycles. The van der Waals surface area contributed by atoms with Crippen LogP contribution in [0.4, 0.5) is 0 Å². The van der Waals surface area contributed by atoms with Crippen LogP contribution in [0.25, 0.3) is 0 Å². The van der Waals surface area contributed by atoms with Crippen LogP contribution < -0.4 is 5.32 Å². The van der Waals surface area contributed by atoms with Gasteiger partial charge in [-0.05, 0) is 38.1 Å². The summed E-state index contributed by atoms with van der Waals surface area (Å²) in [7, 11) is -3.24. The summed E-state index contributed by atoms with van der Waals surface area (Å²) in [6.07, 6.45) is 4.18. The van der Waals surface area contributed by atoms with Crippen LogP contribution in [0.3, 0.4) is 0 Å². The molecule has 0 aromatic rings. The Morgan fingerprint density at radius 1 is 1.28 bits per heavy atom. The Bertz CT molecular complexity index is 346. The monoisotopic (exact) mass is 275 g/mol. The van der Waals surface area contributed by atoms with Crippen molar-refractivity contribution in [1.29, 1.82) is 0 Å². The lowest BCUT2D eigenvalue weighted by atomic mass is 10.4. The van der Waals surface area contributed by atoms with Gasteiger partial charge in [-0.3, -0.25) is 0 Å². The molecule has 2 rings (SSSR count).